The predicted molar refractivity (Wildman–Crippen MR) is 99.5 cm³/mol. The van der Waals surface area contributed by atoms with E-state index in [-0.39, 0.29) is 11.6 Å². The molecule has 5 nitrogen and oxygen atoms in total. The number of benzene rings is 1. The van der Waals surface area contributed by atoms with E-state index in [4.69, 9.17) is 21.3 Å². The van der Waals surface area contributed by atoms with Gasteiger partial charge < -0.3 is 9.64 Å². The molecule has 7 heteroatoms. The Labute approximate surface area is 157 Å². The molecule has 1 aromatic carbocycles. The molecule has 1 saturated carbocycles. The first-order chi connectivity index (χ1) is 12.6. The molecule has 2 aliphatic rings. The van der Waals surface area contributed by atoms with E-state index in [1.54, 1.807) is 12.1 Å². The minimum atomic E-state index is -0.313. The van der Waals surface area contributed by atoms with Gasteiger partial charge in [-0.05, 0) is 30.5 Å². The fourth-order valence-corrected chi connectivity index (χ4v) is 3.49. The Kier molecular flexibility index (Phi) is 4.96. The third-order valence-corrected chi connectivity index (χ3v) is 5.15. The van der Waals surface area contributed by atoms with E-state index in [0.29, 0.717) is 11.1 Å². The van der Waals surface area contributed by atoms with Crippen LogP contribution >= 0.6 is 11.6 Å². The Bertz CT molecular complexity index is 791. The van der Waals surface area contributed by atoms with Crippen LogP contribution in [0, 0.1) is 5.82 Å². The molecule has 0 atom stereocenters. The monoisotopic (exact) mass is 376 g/mol. The van der Waals surface area contributed by atoms with Crippen molar-refractivity contribution in [2.24, 2.45) is 0 Å². The van der Waals surface area contributed by atoms with Gasteiger partial charge in [0.1, 0.15) is 16.8 Å². The molecular weight excluding hydrogens is 355 g/mol. The Balaban J connectivity index is 1.37. The average Bonchev–Trinajstić information content (AvgIpc) is 3.47. The molecule has 0 spiro atoms. The van der Waals surface area contributed by atoms with Gasteiger partial charge in [-0.3, -0.25) is 4.90 Å². The molecular formula is C19H22ClFN4O. The third-order valence-electron chi connectivity index (χ3n) is 4.96. The van der Waals surface area contributed by atoms with Gasteiger partial charge in [-0.25, -0.2) is 14.4 Å². The number of hydrogen-bond acceptors (Lipinski definition) is 5. The zero-order valence-corrected chi connectivity index (χ0v) is 15.5. The average molecular weight is 377 g/mol. The first-order valence-corrected chi connectivity index (χ1v) is 9.34. The first kappa shape index (κ1) is 17.5. The number of nitrogens with zero attached hydrogens (tertiary/aromatic N) is 4. The lowest BCUT2D eigenvalue weighted by Crippen LogP contribution is -2.46. The van der Waals surface area contributed by atoms with Crippen molar-refractivity contribution >= 4 is 17.4 Å². The third kappa shape index (κ3) is 3.91. The lowest BCUT2D eigenvalue weighted by atomic mass is 10.2. The van der Waals surface area contributed by atoms with Crippen molar-refractivity contribution in [2.75, 3.05) is 38.2 Å². The Morgan fingerprint density at radius 3 is 2.58 bits per heavy atom. The van der Waals surface area contributed by atoms with Gasteiger partial charge in [0.05, 0.1) is 7.11 Å². The van der Waals surface area contributed by atoms with Crippen LogP contribution < -0.4 is 9.64 Å². The zero-order chi connectivity index (χ0) is 18.1. The number of piperazine rings is 1. The fourth-order valence-electron chi connectivity index (χ4n) is 3.31. The lowest BCUT2D eigenvalue weighted by Gasteiger charge is -2.35. The van der Waals surface area contributed by atoms with E-state index >= 15 is 0 Å². The predicted octanol–water partition coefficient (Wildman–Crippen LogP) is 3.48. The minimum Gasteiger partial charge on any atom is -0.494 e. The molecule has 1 aliphatic heterocycles. The van der Waals surface area contributed by atoms with Crippen LogP contribution in [0.4, 0.5) is 10.2 Å². The van der Waals surface area contributed by atoms with Crippen molar-refractivity contribution in [3.8, 4) is 5.75 Å². The summed E-state index contributed by atoms with van der Waals surface area (Å²) in [6.07, 6.45) is 2.32. The van der Waals surface area contributed by atoms with Crippen LogP contribution in [-0.2, 0) is 6.54 Å². The van der Waals surface area contributed by atoms with Crippen molar-refractivity contribution in [1.29, 1.82) is 0 Å². The van der Waals surface area contributed by atoms with E-state index in [1.807, 2.05) is 12.1 Å². The van der Waals surface area contributed by atoms with E-state index in [9.17, 15) is 4.39 Å². The second-order valence-electron chi connectivity index (χ2n) is 6.91. The van der Waals surface area contributed by atoms with Gasteiger partial charge in [-0.15, -0.1) is 0 Å². The zero-order valence-electron chi connectivity index (χ0n) is 14.8. The highest BCUT2D eigenvalue weighted by Crippen LogP contribution is 2.39. The van der Waals surface area contributed by atoms with Gasteiger partial charge in [-0.1, -0.05) is 17.7 Å². The van der Waals surface area contributed by atoms with E-state index in [0.717, 1.165) is 62.8 Å². The number of rotatable bonds is 5. The summed E-state index contributed by atoms with van der Waals surface area (Å²) in [6.45, 7) is 4.26. The van der Waals surface area contributed by atoms with E-state index in [1.165, 1.54) is 7.11 Å². The van der Waals surface area contributed by atoms with Crippen LogP contribution in [-0.4, -0.2) is 48.2 Å². The summed E-state index contributed by atoms with van der Waals surface area (Å²) in [4.78, 5) is 13.6. The lowest BCUT2D eigenvalue weighted by molar-refractivity contribution is 0.248. The van der Waals surface area contributed by atoms with Crippen LogP contribution in [0.5, 0.6) is 5.75 Å². The van der Waals surface area contributed by atoms with Crippen LogP contribution in [0.3, 0.4) is 0 Å². The molecule has 0 radical (unpaired) electrons. The number of halogens is 2. The molecule has 2 fully saturated rings. The minimum absolute atomic E-state index is 0.283. The van der Waals surface area contributed by atoms with Gasteiger partial charge in [0.25, 0.3) is 0 Å². The van der Waals surface area contributed by atoms with Crippen LogP contribution in [0.15, 0.2) is 24.3 Å². The summed E-state index contributed by atoms with van der Waals surface area (Å²) in [5.74, 6) is 2.25. The second kappa shape index (κ2) is 7.37. The highest BCUT2D eigenvalue weighted by atomic mass is 35.5. The molecule has 1 aliphatic carbocycles. The summed E-state index contributed by atoms with van der Waals surface area (Å²) >= 11 is 6.18. The molecule has 0 unspecified atom stereocenters. The normalized spacial score (nSPS) is 18.2. The maximum Gasteiger partial charge on any atom is 0.165 e. The Morgan fingerprint density at radius 1 is 1.15 bits per heavy atom. The number of aromatic nitrogens is 2. The van der Waals surface area contributed by atoms with Crippen molar-refractivity contribution in [2.45, 2.75) is 25.3 Å². The van der Waals surface area contributed by atoms with E-state index in [2.05, 4.69) is 14.8 Å². The maximum absolute atomic E-state index is 13.9. The van der Waals surface area contributed by atoms with Gasteiger partial charge >= 0.3 is 0 Å². The summed E-state index contributed by atoms with van der Waals surface area (Å²) in [7, 11) is 1.48. The Hall–Kier alpha value is -1.92. The van der Waals surface area contributed by atoms with Gasteiger partial charge in [0, 0.05) is 44.7 Å². The molecule has 4 rings (SSSR count). The first-order valence-electron chi connectivity index (χ1n) is 8.96. The van der Waals surface area contributed by atoms with Gasteiger partial charge in [-0.2, -0.15) is 0 Å². The number of methoxy groups -OCH3 is 1. The van der Waals surface area contributed by atoms with E-state index < -0.39 is 0 Å². The van der Waals surface area contributed by atoms with Crippen molar-refractivity contribution in [1.82, 2.24) is 14.9 Å². The highest BCUT2D eigenvalue weighted by molar-refractivity contribution is 6.29. The standard InChI is InChI=1S/C19H22ClFN4O/c1-26-16-5-2-13(10-15(16)21)12-24-6-8-25(9-7-24)18-11-17(20)22-19(23-18)14-3-4-14/h2,5,10-11,14H,3-4,6-9,12H2,1H3. The summed E-state index contributed by atoms with van der Waals surface area (Å²) < 4.78 is 18.8. The number of hydrogen-bond donors (Lipinski definition) is 0. The molecule has 0 amide bonds. The largest absolute Gasteiger partial charge is 0.494 e. The maximum atomic E-state index is 13.9. The fraction of sp³-hybridized carbons (Fsp3) is 0.474. The molecule has 2 aromatic rings. The SMILES string of the molecule is COc1ccc(CN2CCN(c3cc(Cl)nc(C4CC4)n3)CC2)cc1F. The van der Waals surface area contributed by atoms with Crippen LogP contribution in [0.2, 0.25) is 5.15 Å². The molecule has 1 aromatic heterocycles. The highest BCUT2D eigenvalue weighted by Gasteiger charge is 2.28. The van der Waals surface area contributed by atoms with Gasteiger partial charge in [0.15, 0.2) is 11.6 Å². The molecule has 2 heterocycles. The summed E-state index contributed by atoms with van der Waals surface area (Å²) in [5, 5.41) is 0.521. The topological polar surface area (TPSA) is 41.5 Å². The quantitative estimate of drug-likeness (QED) is 0.747. The molecule has 0 N–H and O–H groups in total. The van der Waals surface area contributed by atoms with Crippen LogP contribution in [0.1, 0.15) is 30.1 Å². The van der Waals surface area contributed by atoms with Crippen molar-refractivity contribution in [3.63, 3.8) is 0 Å². The summed E-state index contributed by atoms with van der Waals surface area (Å²) in [6, 6.07) is 7.00. The molecule has 26 heavy (non-hydrogen) atoms. The Morgan fingerprint density at radius 2 is 1.92 bits per heavy atom. The van der Waals surface area contributed by atoms with Crippen LogP contribution in [0.25, 0.3) is 0 Å². The molecule has 138 valence electrons. The van der Waals surface area contributed by atoms with Gasteiger partial charge in [0.2, 0.25) is 0 Å². The second-order valence-corrected chi connectivity index (χ2v) is 7.30. The molecule has 0 bridgehead atoms. The van der Waals surface area contributed by atoms with Crippen molar-refractivity contribution < 1.29 is 9.13 Å². The number of anilines is 1. The molecule has 1 saturated heterocycles. The van der Waals surface area contributed by atoms with Crippen molar-refractivity contribution in [3.05, 3.63) is 46.6 Å². The summed E-state index contributed by atoms with van der Waals surface area (Å²) in [5.41, 5.74) is 0.956. The smallest absolute Gasteiger partial charge is 0.165 e. The number of ether oxygens (including phenoxy) is 1.